The maximum atomic E-state index is 5.61. The van der Waals surface area contributed by atoms with E-state index in [1.807, 2.05) is 0 Å². The molecule has 0 saturated heterocycles. The summed E-state index contributed by atoms with van der Waals surface area (Å²) in [6, 6.07) is 1.16. The van der Waals surface area contributed by atoms with Gasteiger partial charge in [-0.1, -0.05) is 12.1 Å². The van der Waals surface area contributed by atoms with E-state index < -0.39 is 9.52 Å². The van der Waals surface area contributed by atoms with Gasteiger partial charge in [0.05, 0.1) is 28.0 Å². The Balaban J connectivity index is 3.13. The fraction of sp³-hybridized carbons (Fsp3) is 0.667. The monoisotopic (exact) mass is 280 g/mol. The zero-order chi connectivity index (χ0) is 9.40. The molecule has 0 aliphatic rings. The summed E-state index contributed by atoms with van der Waals surface area (Å²) in [6.45, 7) is 0. The van der Waals surface area contributed by atoms with Gasteiger partial charge in [0, 0.05) is 0 Å². The number of alkyl halides is 4. The van der Waals surface area contributed by atoms with Crippen molar-refractivity contribution in [2.75, 3.05) is 0 Å². The van der Waals surface area contributed by atoms with Crippen LogP contribution in [0.15, 0.2) is 11.8 Å². The van der Waals surface area contributed by atoms with Crippen LogP contribution in [-0.2, 0) is 0 Å². The van der Waals surface area contributed by atoms with Crippen LogP contribution in [0.2, 0.25) is 6.04 Å². The first-order valence-corrected chi connectivity index (χ1v) is 9.03. The summed E-state index contributed by atoms with van der Waals surface area (Å²) in [4.78, 5) is 0. The molecule has 0 fully saturated rings. The molecule has 0 aliphatic carbocycles. The van der Waals surface area contributed by atoms with Crippen molar-refractivity contribution in [1.82, 2.24) is 0 Å². The lowest BCUT2D eigenvalue weighted by Gasteiger charge is -1.96. The molecule has 0 radical (unpaired) electrons. The quantitative estimate of drug-likeness (QED) is 0.398. The fourth-order valence-electron chi connectivity index (χ4n) is 0.707. The van der Waals surface area contributed by atoms with Gasteiger partial charge < -0.3 is 0 Å². The molecule has 0 heterocycles. The number of halogens is 4. The van der Waals surface area contributed by atoms with Crippen LogP contribution < -0.4 is 0 Å². The summed E-state index contributed by atoms with van der Waals surface area (Å²) in [7, 11) is -0.674. The van der Waals surface area contributed by atoms with E-state index in [1.165, 1.54) is 0 Å². The zero-order valence-corrected chi connectivity index (χ0v) is 12.5. The average Bonchev–Trinajstić information content (AvgIpc) is 1.95. The highest BCUT2D eigenvalue weighted by atomic mass is 35.5. The molecule has 0 nitrogen and oxygen atoms in total. The van der Waals surface area contributed by atoms with Crippen LogP contribution in [0, 0.1) is 0 Å². The summed E-state index contributed by atoms with van der Waals surface area (Å²) >= 11 is 22.4. The van der Waals surface area contributed by atoms with Crippen molar-refractivity contribution in [3.8, 4) is 0 Å². The SMILES string of the molecule is ClC(Cl)[SiH2]C=CCC[SiH2]C(Cl)Cl. The Kier molecular flexibility index (Phi) is 9.90. The molecule has 0 saturated carbocycles. The third-order valence-electron chi connectivity index (χ3n) is 1.27. The van der Waals surface area contributed by atoms with E-state index in [0.29, 0.717) is 0 Å². The normalized spacial score (nSPS) is 14.2. The van der Waals surface area contributed by atoms with Gasteiger partial charge >= 0.3 is 0 Å². The van der Waals surface area contributed by atoms with E-state index in [0.717, 1.165) is 12.5 Å². The van der Waals surface area contributed by atoms with E-state index in [-0.39, 0.29) is 18.4 Å². The minimum atomic E-state index is -0.401. The molecule has 0 atom stereocenters. The van der Waals surface area contributed by atoms with Gasteiger partial charge in [-0.3, -0.25) is 0 Å². The number of hydrogen-bond donors (Lipinski definition) is 0. The van der Waals surface area contributed by atoms with Crippen LogP contribution in [-0.4, -0.2) is 28.0 Å². The highest BCUT2D eigenvalue weighted by Gasteiger charge is 1.97. The summed E-state index contributed by atoms with van der Waals surface area (Å²) in [5.41, 5.74) is 2.14. The largest absolute Gasteiger partial charge is 0.110 e. The van der Waals surface area contributed by atoms with Gasteiger partial charge in [-0.15, -0.1) is 52.1 Å². The molecular weight excluding hydrogens is 270 g/mol. The van der Waals surface area contributed by atoms with Crippen molar-refractivity contribution in [3.63, 3.8) is 0 Å². The van der Waals surface area contributed by atoms with Gasteiger partial charge in [-0.05, 0) is 6.42 Å². The lowest BCUT2D eigenvalue weighted by Crippen LogP contribution is -2.00. The lowest BCUT2D eigenvalue weighted by molar-refractivity contribution is 1.20. The first-order valence-electron chi connectivity index (χ1n) is 3.84. The van der Waals surface area contributed by atoms with E-state index >= 15 is 0 Å². The predicted molar refractivity (Wildman–Crippen MR) is 66.6 cm³/mol. The van der Waals surface area contributed by atoms with Gasteiger partial charge in [0.1, 0.15) is 0 Å². The predicted octanol–water partition coefficient (Wildman–Crippen LogP) is 2.17. The van der Waals surface area contributed by atoms with Crippen molar-refractivity contribution >= 4 is 65.4 Å². The highest BCUT2D eigenvalue weighted by molar-refractivity contribution is 6.71. The molecule has 0 N–H and O–H groups in total. The number of hydrogen-bond acceptors (Lipinski definition) is 0. The molecule has 0 amide bonds. The Morgan fingerprint density at radius 2 is 1.75 bits per heavy atom. The average molecular weight is 282 g/mol. The molecule has 6 heteroatoms. The topological polar surface area (TPSA) is 0 Å². The minimum Gasteiger partial charge on any atom is -0.110 e. The standard InChI is InChI=1S/C6H12Cl4Si2/c7-5(8)11-3-1-2-4-12-6(9)10/h1,3,5-6H,2,4,11-12H2. The van der Waals surface area contributed by atoms with Crippen molar-refractivity contribution < 1.29 is 0 Å². The first kappa shape index (κ1) is 13.3. The molecule has 0 aromatic heterocycles. The Bertz CT molecular complexity index is 127. The smallest absolute Gasteiger partial charge is 0.0949 e. The molecule has 0 spiro atoms. The Morgan fingerprint density at radius 3 is 2.25 bits per heavy atom. The van der Waals surface area contributed by atoms with Crippen LogP contribution in [0.4, 0.5) is 0 Å². The molecule has 0 aromatic carbocycles. The van der Waals surface area contributed by atoms with E-state index in [4.69, 9.17) is 46.4 Å². The number of rotatable bonds is 6. The molecule has 12 heavy (non-hydrogen) atoms. The van der Waals surface area contributed by atoms with Gasteiger partial charge in [-0.2, -0.15) is 0 Å². The van der Waals surface area contributed by atoms with Gasteiger partial charge in [0.2, 0.25) is 0 Å². The number of allylic oxidation sites excluding steroid dienone is 1. The second-order valence-corrected chi connectivity index (χ2v) is 10.9. The fourth-order valence-corrected chi connectivity index (χ4v) is 3.66. The summed E-state index contributed by atoms with van der Waals surface area (Å²) in [6.07, 6.45) is 3.22. The minimum absolute atomic E-state index is 0.0931. The van der Waals surface area contributed by atoms with Crippen molar-refractivity contribution in [3.05, 3.63) is 11.8 Å². The first-order chi connectivity index (χ1) is 5.63. The molecule has 0 unspecified atom stereocenters. The van der Waals surface area contributed by atoms with Crippen LogP contribution in [0.25, 0.3) is 0 Å². The Labute approximate surface area is 98.2 Å². The molecular formula is C6H12Cl4Si2. The van der Waals surface area contributed by atoms with Gasteiger partial charge in [0.25, 0.3) is 0 Å². The summed E-state index contributed by atoms with van der Waals surface area (Å²) in [5, 5.41) is 0. The molecule has 0 rings (SSSR count). The highest BCUT2D eigenvalue weighted by Crippen LogP contribution is 2.04. The van der Waals surface area contributed by atoms with Crippen molar-refractivity contribution in [2.45, 2.75) is 21.4 Å². The maximum Gasteiger partial charge on any atom is 0.0949 e. The lowest BCUT2D eigenvalue weighted by atomic mass is 10.5. The third-order valence-corrected chi connectivity index (χ3v) is 5.87. The third kappa shape index (κ3) is 11.3. The van der Waals surface area contributed by atoms with Crippen molar-refractivity contribution in [2.24, 2.45) is 0 Å². The second-order valence-electron chi connectivity index (χ2n) is 2.42. The van der Waals surface area contributed by atoms with Crippen LogP contribution in [0.5, 0.6) is 0 Å². The van der Waals surface area contributed by atoms with Crippen molar-refractivity contribution in [1.29, 1.82) is 0 Å². The van der Waals surface area contributed by atoms with E-state index in [9.17, 15) is 0 Å². The molecule has 72 valence electrons. The summed E-state index contributed by atoms with van der Waals surface area (Å²) in [5.74, 6) is 0. The maximum absolute atomic E-state index is 5.61. The van der Waals surface area contributed by atoms with Crippen LogP contribution in [0.3, 0.4) is 0 Å². The Morgan fingerprint density at radius 1 is 1.08 bits per heavy atom. The van der Waals surface area contributed by atoms with Crippen LogP contribution >= 0.6 is 46.4 Å². The molecule has 0 aliphatic heterocycles. The second kappa shape index (κ2) is 8.91. The molecule has 0 bridgehead atoms. The van der Waals surface area contributed by atoms with Crippen LogP contribution in [0.1, 0.15) is 6.42 Å². The van der Waals surface area contributed by atoms with Gasteiger partial charge in [-0.25, -0.2) is 0 Å². The van der Waals surface area contributed by atoms with E-state index in [1.54, 1.807) is 0 Å². The molecule has 0 aromatic rings. The van der Waals surface area contributed by atoms with Gasteiger partial charge in [0.15, 0.2) is 0 Å². The van der Waals surface area contributed by atoms with E-state index in [2.05, 4.69) is 11.8 Å². The summed E-state index contributed by atoms with van der Waals surface area (Å²) < 4.78 is -0.239. The Hall–Kier alpha value is 1.33. The zero-order valence-electron chi connectivity index (χ0n) is 6.65.